The first-order chi connectivity index (χ1) is 10.2. The Morgan fingerprint density at radius 3 is 2.48 bits per heavy atom. The number of rotatable bonds is 4. The maximum atomic E-state index is 6.17. The Morgan fingerprint density at radius 2 is 1.76 bits per heavy atom. The van der Waals surface area contributed by atoms with Crippen molar-refractivity contribution in [2.45, 2.75) is 6.54 Å². The second-order valence-electron chi connectivity index (χ2n) is 4.55. The summed E-state index contributed by atoms with van der Waals surface area (Å²) in [7, 11) is 0. The van der Waals surface area contributed by atoms with E-state index in [9.17, 15) is 0 Å². The number of hydrogen-bond donors (Lipinski definition) is 1. The van der Waals surface area contributed by atoms with E-state index in [1.807, 2.05) is 59.4 Å². The van der Waals surface area contributed by atoms with E-state index in [0.717, 1.165) is 16.9 Å². The van der Waals surface area contributed by atoms with Crippen molar-refractivity contribution in [3.8, 4) is 5.69 Å². The number of nitrogens with one attached hydrogen (secondary N) is 1. The van der Waals surface area contributed by atoms with Crippen LogP contribution in [0, 0.1) is 0 Å². The van der Waals surface area contributed by atoms with Crippen molar-refractivity contribution in [1.29, 1.82) is 0 Å². The molecule has 3 aromatic rings. The van der Waals surface area contributed by atoms with Crippen LogP contribution in [0.3, 0.4) is 0 Å². The van der Waals surface area contributed by atoms with E-state index in [2.05, 4.69) is 10.4 Å². The summed E-state index contributed by atoms with van der Waals surface area (Å²) < 4.78 is 1.81. The zero-order valence-corrected chi connectivity index (χ0v) is 12.6. The van der Waals surface area contributed by atoms with E-state index < -0.39 is 0 Å². The topological polar surface area (TPSA) is 29.9 Å². The van der Waals surface area contributed by atoms with Gasteiger partial charge in [-0.15, -0.1) is 0 Å². The lowest BCUT2D eigenvalue weighted by molar-refractivity contribution is 0.880. The van der Waals surface area contributed by atoms with E-state index in [-0.39, 0.29) is 0 Å². The van der Waals surface area contributed by atoms with Crippen molar-refractivity contribution in [2.75, 3.05) is 5.32 Å². The average molecular weight is 318 g/mol. The first-order valence-corrected chi connectivity index (χ1v) is 7.26. The maximum Gasteiger partial charge on any atom is 0.0666 e. The van der Waals surface area contributed by atoms with Gasteiger partial charge in [0.15, 0.2) is 0 Å². The molecule has 0 atom stereocenters. The summed E-state index contributed by atoms with van der Waals surface area (Å²) in [6.07, 6.45) is 3.66. The fourth-order valence-electron chi connectivity index (χ4n) is 2.07. The minimum Gasteiger partial charge on any atom is -0.381 e. The Bertz CT molecular complexity index is 719. The lowest BCUT2D eigenvalue weighted by Gasteiger charge is -2.11. The smallest absolute Gasteiger partial charge is 0.0666 e. The van der Waals surface area contributed by atoms with Crippen LogP contribution >= 0.6 is 23.2 Å². The van der Waals surface area contributed by atoms with Crippen LogP contribution in [0.25, 0.3) is 5.69 Å². The molecule has 0 aliphatic rings. The molecule has 5 heteroatoms. The van der Waals surface area contributed by atoms with E-state index in [4.69, 9.17) is 23.2 Å². The van der Waals surface area contributed by atoms with Gasteiger partial charge in [-0.3, -0.25) is 0 Å². The monoisotopic (exact) mass is 317 g/mol. The zero-order chi connectivity index (χ0) is 14.7. The van der Waals surface area contributed by atoms with Crippen LogP contribution in [-0.4, -0.2) is 9.78 Å². The lowest BCUT2D eigenvalue weighted by Crippen LogP contribution is -2.02. The molecule has 106 valence electrons. The van der Waals surface area contributed by atoms with Crippen LogP contribution in [-0.2, 0) is 6.54 Å². The van der Waals surface area contributed by atoms with E-state index >= 15 is 0 Å². The van der Waals surface area contributed by atoms with Gasteiger partial charge < -0.3 is 5.32 Å². The highest BCUT2D eigenvalue weighted by atomic mass is 35.5. The molecule has 1 N–H and O–H groups in total. The second kappa shape index (κ2) is 6.20. The molecule has 0 radical (unpaired) electrons. The molecule has 1 heterocycles. The number of halogens is 2. The molecule has 0 fully saturated rings. The van der Waals surface area contributed by atoms with Crippen molar-refractivity contribution in [2.24, 2.45) is 0 Å². The Kier molecular flexibility index (Phi) is 4.13. The van der Waals surface area contributed by atoms with Crippen LogP contribution in [0.1, 0.15) is 5.56 Å². The third-order valence-electron chi connectivity index (χ3n) is 3.15. The van der Waals surface area contributed by atoms with E-state index in [1.165, 1.54) is 0 Å². The highest BCUT2D eigenvalue weighted by Gasteiger charge is 2.05. The number of nitrogens with zero attached hydrogens (tertiary/aromatic N) is 2. The molecule has 0 saturated heterocycles. The van der Waals surface area contributed by atoms with Gasteiger partial charge >= 0.3 is 0 Å². The largest absolute Gasteiger partial charge is 0.381 e. The van der Waals surface area contributed by atoms with Crippen molar-refractivity contribution < 1.29 is 0 Å². The Morgan fingerprint density at radius 1 is 1.00 bits per heavy atom. The molecule has 0 spiro atoms. The average Bonchev–Trinajstić information content (AvgIpc) is 3.01. The summed E-state index contributed by atoms with van der Waals surface area (Å²) in [6, 6.07) is 15.4. The number of hydrogen-bond acceptors (Lipinski definition) is 2. The van der Waals surface area contributed by atoms with Gasteiger partial charge in [0.05, 0.1) is 5.69 Å². The van der Waals surface area contributed by atoms with Crippen LogP contribution in [0.5, 0.6) is 0 Å². The van der Waals surface area contributed by atoms with Gasteiger partial charge in [0.1, 0.15) is 0 Å². The molecular formula is C16H13Cl2N3. The zero-order valence-electron chi connectivity index (χ0n) is 11.1. The first-order valence-electron chi connectivity index (χ1n) is 6.51. The fourth-order valence-corrected chi connectivity index (χ4v) is 2.60. The standard InChI is InChI=1S/C16H13Cl2N3/c17-15-6-2-7-16(18)14(15)11-19-12-4-1-5-13(10-12)21-9-3-8-20-21/h1-10,19H,11H2. The molecule has 2 aromatic carbocycles. The molecule has 3 nitrogen and oxygen atoms in total. The van der Waals surface area contributed by atoms with Crippen molar-refractivity contribution in [3.05, 3.63) is 76.5 Å². The molecule has 3 rings (SSSR count). The third kappa shape index (κ3) is 3.20. The first kappa shape index (κ1) is 14.0. The summed E-state index contributed by atoms with van der Waals surface area (Å²) in [5, 5.41) is 8.89. The highest BCUT2D eigenvalue weighted by molar-refractivity contribution is 6.36. The van der Waals surface area contributed by atoms with Gasteiger partial charge in [0.2, 0.25) is 0 Å². The van der Waals surface area contributed by atoms with Gasteiger partial charge in [0.25, 0.3) is 0 Å². The Hall–Kier alpha value is -1.97. The van der Waals surface area contributed by atoms with Gasteiger partial charge in [0, 0.05) is 40.2 Å². The van der Waals surface area contributed by atoms with Gasteiger partial charge in [-0.2, -0.15) is 5.10 Å². The quantitative estimate of drug-likeness (QED) is 0.749. The molecule has 1 aromatic heterocycles. The van der Waals surface area contributed by atoms with Crippen molar-refractivity contribution in [3.63, 3.8) is 0 Å². The molecule has 0 amide bonds. The number of benzene rings is 2. The van der Waals surface area contributed by atoms with Crippen molar-refractivity contribution >= 4 is 28.9 Å². The van der Waals surface area contributed by atoms with Gasteiger partial charge in [-0.25, -0.2) is 4.68 Å². The van der Waals surface area contributed by atoms with Crippen LogP contribution in [0.15, 0.2) is 60.9 Å². The lowest BCUT2D eigenvalue weighted by atomic mass is 10.2. The minimum atomic E-state index is 0.571. The normalized spacial score (nSPS) is 10.6. The van der Waals surface area contributed by atoms with Crippen LogP contribution in [0.2, 0.25) is 10.0 Å². The van der Waals surface area contributed by atoms with Crippen molar-refractivity contribution in [1.82, 2.24) is 9.78 Å². The van der Waals surface area contributed by atoms with Gasteiger partial charge in [-0.1, -0.05) is 35.3 Å². The molecule has 0 bridgehead atoms. The summed E-state index contributed by atoms with van der Waals surface area (Å²) in [4.78, 5) is 0. The third-order valence-corrected chi connectivity index (χ3v) is 3.85. The summed E-state index contributed by atoms with van der Waals surface area (Å²) in [6.45, 7) is 0.571. The van der Waals surface area contributed by atoms with E-state index in [0.29, 0.717) is 16.6 Å². The fraction of sp³-hybridized carbons (Fsp3) is 0.0625. The molecule has 0 unspecified atom stereocenters. The highest BCUT2D eigenvalue weighted by Crippen LogP contribution is 2.25. The Balaban J connectivity index is 1.78. The number of anilines is 1. The molecule has 0 aliphatic heterocycles. The Labute approximate surface area is 133 Å². The summed E-state index contributed by atoms with van der Waals surface area (Å²) in [5.41, 5.74) is 2.87. The minimum absolute atomic E-state index is 0.571. The molecule has 0 saturated carbocycles. The number of aromatic nitrogens is 2. The summed E-state index contributed by atoms with van der Waals surface area (Å²) in [5.74, 6) is 0. The maximum absolute atomic E-state index is 6.17. The summed E-state index contributed by atoms with van der Waals surface area (Å²) >= 11 is 12.3. The molecule has 0 aliphatic carbocycles. The second-order valence-corrected chi connectivity index (χ2v) is 5.37. The van der Waals surface area contributed by atoms with Gasteiger partial charge in [-0.05, 0) is 36.4 Å². The predicted octanol–water partition coefficient (Wildman–Crippen LogP) is 4.79. The SMILES string of the molecule is Clc1cccc(Cl)c1CNc1cccc(-n2cccn2)c1. The molecular weight excluding hydrogens is 305 g/mol. The van der Waals surface area contributed by atoms with Crippen LogP contribution in [0.4, 0.5) is 5.69 Å². The van der Waals surface area contributed by atoms with Crippen LogP contribution < -0.4 is 5.32 Å². The van der Waals surface area contributed by atoms with E-state index in [1.54, 1.807) is 6.20 Å². The predicted molar refractivity (Wildman–Crippen MR) is 87.4 cm³/mol. The molecule has 21 heavy (non-hydrogen) atoms.